The lowest BCUT2D eigenvalue weighted by atomic mass is 10.0. The average Bonchev–Trinajstić information content (AvgIpc) is 2.67. The molecule has 1 aromatic heterocycles. The molecule has 1 heterocycles. The Morgan fingerprint density at radius 1 is 1.32 bits per heavy atom. The molecule has 0 bridgehead atoms. The minimum absolute atomic E-state index is 0.663. The molecule has 0 atom stereocenters. The third-order valence-electron chi connectivity index (χ3n) is 2.98. The van der Waals surface area contributed by atoms with Crippen LogP contribution in [0.5, 0.6) is 0 Å². The van der Waals surface area contributed by atoms with Crippen LogP contribution in [0, 0.1) is 0 Å². The Morgan fingerprint density at radius 2 is 2.00 bits per heavy atom. The highest BCUT2D eigenvalue weighted by atomic mass is 79.9. The van der Waals surface area contributed by atoms with E-state index in [-0.39, 0.29) is 0 Å². The van der Waals surface area contributed by atoms with E-state index in [1.54, 1.807) is 4.68 Å². The van der Waals surface area contributed by atoms with Gasteiger partial charge < -0.3 is 10.5 Å². The van der Waals surface area contributed by atoms with Crippen LogP contribution in [-0.4, -0.2) is 23.0 Å². The molecule has 0 aliphatic carbocycles. The van der Waals surface area contributed by atoms with Crippen LogP contribution in [0.4, 0.5) is 5.82 Å². The van der Waals surface area contributed by atoms with Crippen molar-refractivity contribution in [2.24, 2.45) is 7.05 Å². The summed E-state index contributed by atoms with van der Waals surface area (Å²) < 4.78 is 8.17. The number of hydrogen-bond donors (Lipinski definition) is 1. The van der Waals surface area contributed by atoms with Gasteiger partial charge in [0.2, 0.25) is 0 Å². The minimum atomic E-state index is 0.663. The smallest absolute Gasteiger partial charge is 0.129 e. The highest BCUT2D eigenvalue weighted by molar-refractivity contribution is 9.10. The van der Waals surface area contributed by atoms with E-state index in [1.165, 1.54) is 0 Å². The summed E-state index contributed by atoms with van der Waals surface area (Å²) in [6.45, 7) is 3.37. The van der Waals surface area contributed by atoms with Crippen LogP contribution in [-0.2, 0) is 18.2 Å². The number of aromatic nitrogens is 2. The molecule has 5 heteroatoms. The molecule has 0 amide bonds. The number of anilines is 1. The van der Waals surface area contributed by atoms with Crippen LogP contribution in [0.2, 0.25) is 0 Å². The molecule has 0 spiro atoms. The highest BCUT2D eigenvalue weighted by Gasteiger charge is 2.15. The van der Waals surface area contributed by atoms with Gasteiger partial charge in [-0.1, -0.05) is 28.1 Å². The molecule has 0 aliphatic heterocycles. The van der Waals surface area contributed by atoms with Gasteiger partial charge in [0.25, 0.3) is 0 Å². The van der Waals surface area contributed by atoms with Crippen molar-refractivity contribution in [1.29, 1.82) is 0 Å². The van der Waals surface area contributed by atoms with Gasteiger partial charge in [0, 0.05) is 30.1 Å². The predicted octanol–water partition coefficient (Wildman–Crippen LogP) is 3.01. The minimum Gasteiger partial charge on any atom is -0.383 e. The van der Waals surface area contributed by atoms with Gasteiger partial charge in [-0.15, -0.1) is 0 Å². The number of hydrogen-bond acceptors (Lipinski definition) is 3. The molecule has 0 saturated heterocycles. The molecule has 2 N–H and O–H groups in total. The average molecular weight is 324 g/mol. The first-order valence-electron chi connectivity index (χ1n) is 6.28. The van der Waals surface area contributed by atoms with E-state index in [2.05, 4.69) is 21.0 Å². The second-order valence-electron chi connectivity index (χ2n) is 4.28. The van der Waals surface area contributed by atoms with Gasteiger partial charge in [-0.3, -0.25) is 4.68 Å². The highest BCUT2D eigenvalue weighted by Crippen LogP contribution is 2.30. The Kier molecular flexibility index (Phi) is 4.61. The van der Waals surface area contributed by atoms with Gasteiger partial charge >= 0.3 is 0 Å². The maximum absolute atomic E-state index is 6.13. The maximum Gasteiger partial charge on any atom is 0.129 e. The number of aryl methyl sites for hydroxylation is 1. The molecular formula is C14H18BrN3O. The number of nitrogen functional groups attached to an aromatic ring is 1. The molecule has 2 rings (SSSR count). The van der Waals surface area contributed by atoms with Crippen molar-refractivity contribution in [2.75, 3.05) is 18.9 Å². The third kappa shape index (κ3) is 3.16. The monoisotopic (exact) mass is 323 g/mol. The molecule has 19 heavy (non-hydrogen) atoms. The fourth-order valence-corrected chi connectivity index (χ4v) is 2.28. The van der Waals surface area contributed by atoms with Crippen LogP contribution < -0.4 is 5.73 Å². The standard InChI is InChI=1S/C14H18BrN3O/c1-3-19-9-8-12-13(14(16)18(2)17-12)10-4-6-11(15)7-5-10/h4-7H,3,8-9,16H2,1-2H3. The van der Waals surface area contributed by atoms with Crippen molar-refractivity contribution in [3.05, 3.63) is 34.4 Å². The lowest BCUT2D eigenvalue weighted by Gasteiger charge is -2.05. The second-order valence-corrected chi connectivity index (χ2v) is 5.20. The summed E-state index contributed by atoms with van der Waals surface area (Å²) in [5.74, 6) is 0.689. The van der Waals surface area contributed by atoms with Crippen molar-refractivity contribution < 1.29 is 4.74 Å². The third-order valence-corrected chi connectivity index (χ3v) is 3.51. The number of nitrogens with two attached hydrogens (primary N) is 1. The largest absolute Gasteiger partial charge is 0.383 e. The zero-order valence-corrected chi connectivity index (χ0v) is 12.8. The summed E-state index contributed by atoms with van der Waals surface area (Å²) >= 11 is 3.44. The van der Waals surface area contributed by atoms with Crippen LogP contribution in [0.15, 0.2) is 28.7 Å². The fourth-order valence-electron chi connectivity index (χ4n) is 2.01. The van der Waals surface area contributed by atoms with Crippen LogP contribution >= 0.6 is 15.9 Å². The Balaban J connectivity index is 2.34. The molecule has 0 unspecified atom stereocenters. The van der Waals surface area contributed by atoms with Gasteiger partial charge in [0.1, 0.15) is 5.82 Å². The predicted molar refractivity (Wildman–Crippen MR) is 81.0 cm³/mol. The second kappa shape index (κ2) is 6.21. The summed E-state index contributed by atoms with van der Waals surface area (Å²) in [4.78, 5) is 0. The number of ether oxygens (including phenoxy) is 1. The molecule has 0 saturated carbocycles. The van der Waals surface area contributed by atoms with Crippen LogP contribution in [0.1, 0.15) is 12.6 Å². The van der Waals surface area contributed by atoms with Gasteiger partial charge in [-0.25, -0.2) is 0 Å². The molecule has 0 aliphatic rings. The lowest BCUT2D eigenvalue weighted by molar-refractivity contribution is 0.150. The molecule has 0 fully saturated rings. The number of halogens is 1. The van der Waals surface area contributed by atoms with Gasteiger partial charge in [-0.05, 0) is 24.6 Å². The zero-order valence-electron chi connectivity index (χ0n) is 11.2. The Bertz CT molecular complexity index is 549. The quantitative estimate of drug-likeness (QED) is 0.860. The number of benzene rings is 1. The molecular weight excluding hydrogens is 306 g/mol. The number of rotatable bonds is 5. The summed E-state index contributed by atoms with van der Waals surface area (Å²) in [6.07, 6.45) is 0.768. The van der Waals surface area contributed by atoms with E-state index in [0.717, 1.165) is 34.3 Å². The van der Waals surface area contributed by atoms with E-state index in [4.69, 9.17) is 10.5 Å². The first-order chi connectivity index (χ1) is 9.13. The van der Waals surface area contributed by atoms with E-state index in [1.807, 2.05) is 38.2 Å². The first kappa shape index (κ1) is 14.1. The molecule has 2 aromatic rings. The number of nitrogens with zero attached hydrogens (tertiary/aromatic N) is 2. The normalized spacial score (nSPS) is 10.9. The van der Waals surface area contributed by atoms with E-state index in [9.17, 15) is 0 Å². The first-order valence-corrected chi connectivity index (χ1v) is 7.07. The molecule has 102 valence electrons. The molecule has 1 aromatic carbocycles. The van der Waals surface area contributed by atoms with Gasteiger partial charge in [0.05, 0.1) is 12.3 Å². The molecule has 0 radical (unpaired) electrons. The van der Waals surface area contributed by atoms with Crippen molar-refractivity contribution >= 4 is 21.7 Å². The topological polar surface area (TPSA) is 53.1 Å². The van der Waals surface area contributed by atoms with Gasteiger partial charge in [0.15, 0.2) is 0 Å². The fraction of sp³-hybridized carbons (Fsp3) is 0.357. The Labute approximate surface area is 121 Å². The van der Waals surface area contributed by atoms with Crippen molar-refractivity contribution in [3.63, 3.8) is 0 Å². The van der Waals surface area contributed by atoms with E-state index < -0.39 is 0 Å². The van der Waals surface area contributed by atoms with Crippen molar-refractivity contribution in [2.45, 2.75) is 13.3 Å². The Hall–Kier alpha value is -1.33. The van der Waals surface area contributed by atoms with Crippen LogP contribution in [0.3, 0.4) is 0 Å². The van der Waals surface area contributed by atoms with Crippen molar-refractivity contribution in [1.82, 2.24) is 9.78 Å². The zero-order chi connectivity index (χ0) is 13.8. The summed E-state index contributed by atoms with van der Waals surface area (Å²) in [7, 11) is 1.86. The molecule has 4 nitrogen and oxygen atoms in total. The summed E-state index contributed by atoms with van der Waals surface area (Å²) in [6, 6.07) is 8.10. The van der Waals surface area contributed by atoms with Crippen LogP contribution in [0.25, 0.3) is 11.1 Å². The Morgan fingerprint density at radius 3 is 2.63 bits per heavy atom. The van der Waals surface area contributed by atoms with E-state index in [0.29, 0.717) is 12.4 Å². The summed E-state index contributed by atoms with van der Waals surface area (Å²) in [5.41, 5.74) is 9.20. The van der Waals surface area contributed by atoms with Gasteiger partial charge in [-0.2, -0.15) is 5.10 Å². The SMILES string of the molecule is CCOCCc1nn(C)c(N)c1-c1ccc(Br)cc1. The van der Waals surface area contributed by atoms with Crippen molar-refractivity contribution in [3.8, 4) is 11.1 Å². The lowest BCUT2D eigenvalue weighted by Crippen LogP contribution is -2.00. The van der Waals surface area contributed by atoms with E-state index >= 15 is 0 Å². The summed E-state index contributed by atoms with van der Waals surface area (Å²) in [5, 5.41) is 4.48. The maximum atomic E-state index is 6.13.